The van der Waals surface area contributed by atoms with Gasteiger partial charge in [0.2, 0.25) is 0 Å². The van der Waals surface area contributed by atoms with Crippen LogP contribution in [-0.2, 0) is 12.6 Å². The van der Waals surface area contributed by atoms with Gasteiger partial charge in [0.25, 0.3) is 0 Å². The van der Waals surface area contributed by atoms with Crippen molar-refractivity contribution in [2.75, 3.05) is 13.2 Å². The lowest BCUT2D eigenvalue weighted by molar-refractivity contribution is -0.137. The Hall–Kier alpha value is -1.38. The molecule has 126 valence electrons. The third-order valence-corrected chi connectivity index (χ3v) is 3.94. The third-order valence-electron chi connectivity index (χ3n) is 3.40. The molecular formula is C15H15BrF3NO3. The Morgan fingerprint density at radius 1 is 1.13 bits per heavy atom. The molecule has 0 fully saturated rings. The number of benzene rings is 1. The Balaban J connectivity index is 2.14. The molecule has 0 bridgehead atoms. The Bertz CT molecular complexity index is 636. The van der Waals surface area contributed by atoms with Crippen LogP contribution in [0.25, 0.3) is 11.3 Å². The van der Waals surface area contributed by atoms with Crippen molar-refractivity contribution in [3.8, 4) is 11.3 Å². The standard InChI is InChI=1S/C15H15BrF3NO3/c16-14-13(10-2-4-11(5-3-10)15(17,18)19)20-12(23-14)6-1-9(7-21)8-22/h2-5,9,21-22H,1,6-8H2. The zero-order valence-electron chi connectivity index (χ0n) is 12.0. The fourth-order valence-electron chi connectivity index (χ4n) is 2.01. The van der Waals surface area contributed by atoms with Crippen molar-refractivity contribution in [1.29, 1.82) is 0 Å². The summed E-state index contributed by atoms with van der Waals surface area (Å²) in [6.45, 7) is -0.270. The summed E-state index contributed by atoms with van der Waals surface area (Å²) in [7, 11) is 0. The number of nitrogens with zero attached hydrogens (tertiary/aromatic N) is 1. The van der Waals surface area contributed by atoms with Gasteiger partial charge in [-0.25, -0.2) is 4.98 Å². The summed E-state index contributed by atoms with van der Waals surface area (Å²) < 4.78 is 43.4. The zero-order valence-corrected chi connectivity index (χ0v) is 13.6. The molecule has 1 aromatic carbocycles. The molecular weight excluding hydrogens is 379 g/mol. The SMILES string of the molecule is OCC(CO)CCc1nc(-c2ccc(C(F)(F)F)cc2)c(Br)o1. The molecule has 0 aliphatic carbocycles. The monoisotopic (exact) mass is 393 g/mol. The Labute approximate surface area is 139 Å². The van der Waals surface area contributed by atoms with E-state index >= 15 is 0 Å². The van der Waals surface area contributed by atoms with Gasteiger partial charge in [-0.1, -0.05) is 12.1 Å². The van der Waals surface area contributed by atoms with Gasteiger partial charge in [-0.2, -0.15) is 13.2 Å². The second-order valence-electron chi connectivity index (χ2n) is 5.07. The summed E-state index contributed by atoms with van der Waals surface area (Å²) >= 11 is 3.20. The topological polar surface area (TPSA) is 66.5 Å². The van der Waals surface area contributed by atoms with E-state index in [1.807, 2.05) is 0 Å². The predicted octanol–water partition coefficient (Wildman–Crippen LogP) is 3.66. The van der Waals surface area contributed by atoms with Gasteiger partial charge >= 0.3 is 6.18 Å². The molecule has 0 saturated heterocycles. The lowest BCUT2D eigenvalue weighted by atomic mass is 10.1. The van der Waals surface area contributed by atoms with E-state index in [9.17, 15) is 13.2 Å². The van der Waals surface area contributed by atoms with Crippen LogP contribution in [0, 0.1) is 5.92 Å². The van der Waals surface area contributed by atoms with Crippen molar-refractivity contribution in [3.63, 3.8) is 0 Å². The van der Waals surface area contributed by atoms with Gasteiger partial charge in [-0.15, -0.1) is 0 Å². The number of aliphatic hydroxyl groups excluding tert-OH is 2. The van der Waals surface area contributed by atoms with E-state index in [4.69, 9.17) is 14.6 Å². The fourth-order valence-corrected chi connectivity index (χ4v) is 2.52. The number of oxazole rings is 1. The van der Waals surface area contributed by atoms with Crippen LogP contribution in [0.5, 0.6) is 0 Å². The maximum atomic E-state index is 12.6. The number of hydrogen-bond donors (Lipinski definition) is 2. The highest BCUT2D eigenvalue weighted by molar-refractivity contribution is 9.10. The largest absolute Gasteiger partial charge is 0.433 e. The predicted molar refractivity (Wildman–Crippen MR) is 80.6 cm³/mol. The number of aryl methyl sites for hydroxylation is 1. The van der Waals surface area contributed by atoms with E-state index in [2.05, 4.69) is 20.9 Å². The molecule has 0 amide bonds. The van der Waals surface area contributed by atoms with E-state index in [0.717, 1.165) is 12.1 Å². The molecule has 1 aromatic heterocycles. The second-order valence-corrected chi connectivity index (χ2v) is 5.80. The van der Waals surface area contributed by atoms with Gasteiger partial charge in [-0.05, 0) is 34.5 Å². The number of halogens is 4. The Kier molecular flexibility index (Phi) is 5.83. The van der Waals surface area contributed by atoms with Crippen molar-refractivity contribution >= 4 is 15.9 Å². The minimum atomic E-state index is -4.38. The van der Waals surface area contributed by atoms with E-state index in [1.165, 1.54) is 12.1 Å². The van der Waals surface area contributed by atoms with Crippen LogP contribution < -0.4 is 0 Å². The summed E-state index contributed by atoms with van der Waals surface area (Å²) in [6, 6.07) is 4.65. The van der Waals surface area contributed by atoms with Gasteiger partial charge < -0.3 is 14.6 Å². The highest BCUT2D eigenvalue weighted by Crippen LogP contribution is 2.33. The average molecular weight is 394 g/mol. The quantitative estimate of drug-likeness (QED) is 0.785. The van der Waals surface area contributed by atoms with Crippen molar-refractivity contribution in [2.45, 2.75) is 19.0 Å². The van der Waals surface area contributed by atoms with Crippen molar-refractivity contribution in [3.05, 3.63) is 40.4 Å². The minimum Gasteiger partial charge on any atom is -0.433 e. The molecule has 0 aliphatic rings. The van der Waals surface area contributed by atoms with E-state index in [-0.39, 0.29) is 19.1 Å². The molecule has 2 N–H and O–H groups in total. The molecule has 0 aliphatic heterocycles. The lowest BCUT2D eigenvalue weighted by Gasteiger charge is -2.07. The molecule has 0 radical (unpaired) electrons. The number of aliphatic hydroxyl groups is 2. The lowest BCUT2D eigenvalue weighted by Crippen LogP contribution is -2.11. The van der Waals surface area contributed by atoms with Crippen LogP contribution >= 0.6 is 15.9 Å². The maximum Gasteiger partial charge on any atom is 0.416 e. The van der Waals surface area contributed by atoms with Crippen LogP contribution in [-0.4, -0.2) is 28.4 Å². The second kappa shape index (κ2) is 7.46. The third kappa shape index (κ3) is 4.55. The number of aromatic nitrogens is 1. The van der Waals surface area contributed by atoms with E-state index in [0.29, 0.717) is 34.7 Å². The first-order valence-electron chi connectivity index (χ1n) is 6.89. The summed E-state index contributed by atoms with van der Waals surface area (Å²) in [6.07, 6.45) is -3.48. The van der Waals surface area contributed by atoms with Crippen LogP contribution in [0.3, 0.4) is 0 Å². The van der Waals surface area contributed by atoms with Crippen LogP contribution in [0.2, 0.25) is 0 Å². The highest BCUT2D eigenvalue weighted by Gasteiger charge is 2.30. The van der Waals surface area contributed by atoms with E-state index < -0.39 is 11.7 Å². The highest BCUT2D eigenvalue weighted by atomic mass is 79.9. The molecule has 2 aromatic rings. The number of rotatable bonds is 6. The number of alkyl halides is 3. The van der Waals surface area contributed by atoms with Crippen molar-refractivity contribution < 1.29 is 27.8 Å². The first-order chi connectivity index (χ1) is 10.8. The first-order valence-corrected chi connectivity index (χ1v) is 7.69. The van der Waals surface area contributed by atoms with Gasteiger partial charge in [0.05, 0.1) is 5.56 Å². The smallest absolute Gasteiger partial charge is 0.416 e. The molecule has 0 saturated carbocycles. The number of hydrogen-bond acceptors (Lipinski definition) is 4. The van der Waals surface area contributed by atoms with Gasteiger partial charge in [0.1, 0.15) is 5.69 Å². The fraction of sp³-hybridized carbons (Fsp3) is 0.400. The molecule has 0 atom stereocenters. The molecule has 8 heteroatoms. The van der Waals surface area contributed by atoms with Crippen LogP contribution in [0.4, 0.5) is 13.2 Å². The summed E-state index contributed by atoms with van der Waals surface area (Å²) in [4.78, 5) is 4.25. The average Bonchev–Trinajstić information content (AvgIpc) is 2.88. The molecule has 2 rings (SSSR count). The molecule has 0 unspecified atom stereocenters. The molecule has 23 heavy (non-hydrogen) atoms. The zero-order chi connectivity index (χ0) is 17.0. The molecule has 0 spiro atoms. The van der Waals surface area contributed by atoms with Gasteiger partial charge in [0, 0.05) is 31.1 Å². The normalized spacial score (nSPS) is 12.1. The van der Waals surface area contributed by atoms with Crippen LogP contribution in [0.1, 0.15) is 17.9 Å². The summed E-state index contributed by atoms with van der Waals surface area (Å²) in [5, 5.41) is 18.0. The van der Waals surface area contributed by atoms with Gasteiger partial charge in [-0.3, -0.25) is 0 Å². The molecule has 4 nitrogen and oxygen atoms in total. The Morgan fingerprint density at radius 2 is 1.74 bits per heavy atom. The Morgan fingerprint density at radius 3 is 2.26 bits per heavy atom. The van der Waals surface area contributed by atoms with Gasteiger partial charge in [0.15, 0.2) is 10.6 Å². The minimum absolute atomic E-state index is 0.135. The maximum absolute atomic E-state index is 12.6. The summed E-state index contributed by atoms with van der Waals surface area (Å²) in [5.74, 6) is 0.133. The van der Waals surface area contributed by atoms with Crippen molar-refractivity contribution in [1.82, 2.24) is 4.98 Å². The van der Waals surface area contributed by atoms with E-state index in [1.54, 1.807) is 0 Å². The van der Waals surface area contributed by atoms with Crippen molar-refractivity contribution in [2.24, 2.45) is 5.92 Å². The molecule has 1 heterocycles. The first kappa shape index (κ1) is 18.0. The summed E-state index contributed by atoms with van der Waals surface area (Å²) in [5.41, 5.74) is 0.189. The van der Waals surface area contributed by atoms with Crippen LogP contribution in [0.15, 0.2) is 33.4 Å².